The third kappa shape index (κ3) is 4.51. The number of aliphatic hydroxyl groups excluding tert-OH is 1. The lowest BCUT2D eigenvalue weighted by molar-refractivity contribution is -0.385. The Hall–Kier alpha value is -1.63. The third-order valence-corrected chi connectivity index (χ3v) is 7.68. The van der Waals surface area contributed by atoms with Gasteiger partial charge in [-0.05, 0) is 92.7 Å². The molecule has 5 fully saturated rings. The highest BCUT2D eigenvalue weighted by molar-refractivity contribution is 5.84. The monoisotopic (exact) mass is 415 g/mol. The zero-order chi connectivity index (χ0) is 20.5. The summed E-state index contributed by atoms with van der Waals surface area (Å²) in [6.45, 7) is -0.0141. The van der Waals surface area contributed by atoms with Crippen LogP contribution in [0.2, 0.25) is 0 Å². The van der Waals surface area contributed by atoms with Crippen LogP contribution in [0.25, 0.3) is 0 Å². The molecule has 0 radical (unpaired) electrons. The molecule has 5 saturated carbocycles. The molecule has 6 heteroatoms. The number of hydrogen-bond acceptors (Lipinski definition) is 5. The Morgan fingerprint density at radius 3 is 2.23 bits per heavy atom. The van der Waals surface area contributed by atoms with Gasteiger partial charge in [0.2, 0.25) is 0 Å². The molecular weight excluding hydrogens is 382 g/mol. The van der Waals surface area contributed by atoms with Gasteiger partial charge in [-0.3, -0.25) is 5.32 Å². The minimum Gasteiger partial charge on any atom is -0.446 e. The molecule has 0 heterocycles. The van der Waals surface area contributed by atoms with Crippen LogP contribution in [0, 0.1) is 23.7 Å². The van der Waals surface area contributed by atoms with Gasteiger partial charge < -0.3 is 9.84 Å². The lowest BCUT2D eigenvalue weighted by atomic mass is 9.55. The fourth-order valence-corrected chi connectivity index (χ4v) is 6.46. The molecular formula is C24H33NO5. The molecule has 0 saturated heterocycles. The quantitative estimate of drug-likeness (QED) is 0.515. The summed E-state index contributed by atoms with van der Waals surface area (Å²) in [5.41, 5.74) is 1.46. The van der Waals surface area contributed by atoms with Crippen molar-refractivity contribution in [2.45, 2.75) is 82.7 Å². The topological polar surface area (TPSA) is 77.0 Å². The van der Waals surface area contributed by atoms with Crippen LogP contribution in [0.3, 0.4) is 0 Å². The van der Waals surface area contributed by atoms with Crippen LogP contribution in [0.4, 0.5) is 10.5 Å². The summed E-state index contributed by atoms with van der Waals surface area (Å²) >= 11 is 0. The van der Waals surface area contributed by atoms with Gasteiger partial charge in [0.1, 0.15) is 6.10 Å². The molecule has 1 aromatic carbocycles. The summed E-state index contributed by atoms with van der Waals surface area (Å²) in [6.07, 6.45) is 9.84. The summed E-state index contributed by atoms with van der Waals surface area (Å²) in [5, 5.41) is 11.9. The molecule has 4 bridgehead atoms. The molecule has 164 valence electrons. The molecule has 6 rings (SSSR count). The van der Waals surface area contributed by atoms with Crippen LogP contribution in [-0.2, 0) is 21.1 Å². The van der Waals surface area contributed by atoms with Crippen LogP contribution in [0.15, 0.2) is 24.3 Å². The van der Waals surface area contributed by atoms with Gasteiger partial charge in [-0.25, -0.2) is 14.6 Å². The van der Waals surface area contributed by atoms with Gasteiger partial charge in [-0.15, -0.1) is 0 Å². The number of aliphatic hydroxyl groups is 1. The Morgan fingerprint density at radius 2 is 1.57 bits per heavy atom. The highest BCUT2D eigenvalue weighted by Crippen LogP contribution is 2.54. The van der Waals surface area contributed by atoms with Crippen LogP contribution < -0.4 is 5.32 Å². The fraction of sp³-hybridized carbons (Fsp3) is 0.708. The Kier molecular flexibility index (Phi) is 5.98. The zero-order valence-corrected chi connectivity index (χ0v) is 17.5. The first-order chi connectivity index (χ1) is 14.7. The van der Waals surface area contributed by atoms with Crippen molar-refractivity contribution < 1.29 is 24.4 Å². The van der Waals surface area contributed by atoms with Gasteiger partial charge in [0.05, 0.1) is 18.8 Å². The lowest BCUT2D eigenvalue weighted by Gasteiger charge is -2.53. The molecule has 1 unspecified atom stereocenters. The van der Waals surface area contributed by atoms with Crippen LogP contribution in [-0.4, -0.2) is 29.5 Å². The van der Waals surface area contributed by atoms with Gasteiger partial charge in [-0.1, -0.05) is 12.1 Å². The lowest BCUT2D eigenvalue weighted by Crippen LogP contribution is -2.49. The number of amides is 1. The minimum absolute atomic E-state index is 0.00225. The van der Waals surface area contributed by atoms with Gasteiger partial charge in [0.15, 0.2) is 0 Å². The normalized spacial score (nSPS) is 37.2. The maximum atomic E-state index is 12.3. The van der Waals surface area contributed by atoms with E-state index in [1.165, 1.54) is 32.1 Å². The van der Waals surface area contributed by atoms with E-state index in [1.807, 2.05) is 0 Å². The number of hydrogen-bond donors (Lipinski definition) is 2. The highest BCUT2D eigenvalue weighted by atomic mass is 17.2. The average Bonchev–Trinajstić information content (AvgIpc) is 2.73. The van der Waals surface area contributed by atoms with E-state index in [0.717, 1.165) is 36.7 Å². The smallest absolute Gasteiger partial charge is 0.411 e. The van der Waals surface area contributed by atoms with Crippen molar-refractivity contribution in [3.05, 3.63) is 29.8 Å². The summed E-state index contributed by atoms with van der Waals surface area (Å²) in [7, 11) is 0. The molecule has 1 amide bonds. The van der Waals surface area contributed by atoms with E-state index in [-0.39, 0.29) is 24.9 Å². The van der Waals surface area contributed by atoms with Crippen LogP contribution in [0.5, 0.6) is 0 Å². The number of carbonyl (C=O) groups excluding carboxylic acids is 1. The van der Waals surface area contributed by atoms with E-state index in [2.05, 4.69) is 5.32 Å². The van der Waals surface area contributed by atoms with E-state index in [1.54, 1.807) is 24.3 Å². The first-order valence-electron chi connectivity index (χ1n) is 11.7. The Morgan fingerprint density at radius 1 is 0.900 bits per heavy atom. The van der Waals surface area contributed by atoms with Crippen molar-refractivity contribution in [3.8, 4) is 0 Å². The van der Waals surface area contributed by atoms with E-state index >= 15 is 0 Å². The maximum absolute atomic E-state index is 12.3. The third-order valence-electron chi connectivity index (χ3n) is 7.68. The van der Waals surface area contributed by atoms with E-state index < -0.39 is 6.09 Å². The van der Waals surface area contributed by atoms with Crippen LogP contribution in [0.1, 0.15) is 63.4 Å². The van der Waals surface area contributed by atoms with Gasteiger partial charge >= 0.3 is 6.09 Å². The molecule has 1 aromatic rings. The number of rotatable bonds is 6. The number of nitrogens with one attached hydrogen (secondary N) is 1. The van der Waals surface area contributed by atoms with Crippen LogP contribution >= 0.6 is 0 Å². The molecule has 6 nitrogen and oxygen atoms in total. The second kappa shape index (κ2) is 8.85. The maximum Gasteiger partial charge on any atom is 0.411 e. The Labute approximate surface area is 178 Å². The number of ether oxygens (including phenoxy) is 1. The van der Waals surface area contributed by atoms with Crippen molar-refractivity contribution >= 4 is 11.8 Å². The molecule has 0 aromatic heterocycles. The zero-order valence-electron chi connectivity index (χ0n) is 17.5. The predicted octanol–water partition coefficient (Wildman–Crippen LogP) is 4.81. The second-order valence-electron chi connectivity index (χ2n) is 9.88. The van der Waals surface area contributed by atoms with Gasteiger partial charge in [-0.2, -0.15) is 0 Å². The first kappa shape index (κ1) is 20.3. The standard InChI is InChI=1S/C24H33NO5/c26-14-15-4-6-20(7-5-15)25-24(27)28-21-2-1-3-22(13-21)29-30-23-18-9-16-8-17(11-18)12-19(23)10-16/h4-7,16-19,21-23,26H,1-3,8-14H2,(H,25,27)/t16?,17?,18?,19?,21?,22-,23?/m1/s1. The van der Waals surface area contributed by atoms with Crippen molar-refractivity contribution in [1.82, 2.24) is 0 Å². The first-order valence-corrected chi connectivity index (χ1v) is 11.7. The SMILES string of the molecule is O=C(Nc1ccc(CO)cc1)OC1CCC[C@@H](OOC2C3CC4CC(C3)CC2C4)C1. The summed E-state index contributed by atoms with van der Waals surface area (Å²) in [5.74, 6) is 3.22. The van der Waals surface area contributed by atoms with E-state index in [0.29, 0.717) is 23.9 Å². The van der Waals surface area contributed by atoms with Crippen molar-refractivity contribution in [2.24, 2.45) is 23.7 Å². The number of benzene rings is 1. The highest BCUT2D eigenvalue weighted by Gasteiger charge is 2.49. The molecule has 0 spiro atoms. The van der Waals surface area contributed by atoms with Gasteiger partial charge in [0, 0.05) is 12.1 Å². The minimum atomic E-state index is -0.445. The molecule has 5 aliphatic carbocycles. The fourth-order valence-electron chi connectivity index (χ4n) is 6.46. The average molecular weight is 416 g/mol. The summed E-state index contributed by atoms with van der Waals surface area (Å²) in [4.78, 5) is 24.2. The molecule has 30 heavy (non-hydrogen) atoms. The second-order valence-corrected chi connectivity index (χ2v) is 9.88. The van der Waals surface area contributed by atoms with Crippen molar-refractivity contribution in [1.29, 1.82) is 0 Å². The molecule has 5 aliphatic rings. The Bertz CT molecular complexity index is 708. The Balaban J connectivity index is 1.08. The van der Waals surface area contributed by atoms with E-state index in [4.69, 9.17) is 19.6 Å². The molecule has 2 atom stereocenters. The molecule has 2 N–H and O–H groups in total. The summed E-state index contributed by atoms with van der Waals surface area (Å²) < 4.78 is 5.63. The molecule has 0 aliphatic heterocycles. The van der Waals surface area contributed by atoms with Crippen molar-refractivity contribution in [2.75, 3.05) is 5.32 Å². The van der Waals surface area contributed by atoms with Gasteiger partial charge in [0.25, 0.3) is 0 Å². The largest absolute Gasteiger partial charge is 0.446 e. The number of carbonyl (C=O) groups is 1. The summed E-state index contributed by atoms with van der Waals surface area (Å²) in [6, 6.07) is 7.08. The van der Waals surface area contributed by atoms with Crippen molar-refractivity contribution in [3.63, 3.8) is 0 Å². The van der Waals surface area contributed by atoms with E-state index in [9.17, 15) is 4.79 Å². The number of anilines is 1. The predicted molar refractivity (Wildman–Crippen MR) is 112 cm³/mol.